The van der Waals surface area contributed by atoms with Crippen LogP contribution in [0.1, 0.15) is 64.5 Å². The van der Waals surface area contributed by atoms with E-state index in [-0.39, 0.29) is 29.3 Å². The summed E-state index contributed by atoms with van der Waals surface area (Å²) in [6.07, 6.45) is 18.7. The molecule has 49 heavy (non-hydrogen) atoms. The highest BCUT2D eigenvalue weighted by Gasteiger charge is 2.36. The Morgan fingerprint density at radius 1 is 1.04 bits per heavy atom. The van der Waals surface area contributed by atoms with Crippen LogP contribution in [0.25, 0.3) is 6.08 Å². The van der Waals surface area contributed by atoms with Crippen LogP contribution in [0.5, 0.6) is 0 Å². The average Bonchev–Trinajstić information content (AvgIpc) is 3.55. The fraction of sp³-hybridized carbons (Fsp3) is 0.541. The first kappa shape index (κ1) is 43.8. The normalized spacial score (nSPS) is 20.3. The highest BCUT2D eigenvalue weighted by molar-refractivity contribution is 7.93. The molecule has 1 unspecified atom stereocenters. The number of allylic oxidation sites excluding steroid dienone is 5. The molecule has 3 heterocycles. The largest absolute Gasteiger partial charge is 0.337 e. The minimum Gasteiger partial charge on any atom is -0.337 e. The molecule has 1 N–H and O–H groups in total. The number of hydrogen-bond acceptors (Lipinski definition) is 7. The second-order valence-electron chi connectivity index (χ2n) is 12.6. The lowest BCUT2D eigenvalue weighted by molar-refractivity contribution is -0.143. The summed E-state index contributed by atoms with van der Waals surface area (Å²) >= 11 is 6.08. The van der Waals surface area contributed by atoms with Gasteiger partial charge in [-0.25, -0.2) is 8.42 Å². The molecule has 3 aliphatic rings. The zero-order valence-corrected chi connectivity index (χ0v) is 31.7. The Kier molecular flexibility index (Phi) is 20.0. The molecule has 10 nitrogen and oxygen atoms in total. The number of nitrogens with one attached hydrogen (secondary N) is 1. The van der Waals surface area contributed by atoms with Crippen molar-refractivity contribution in [3.8, 4) is 12.8 Å². The van der Waals surface area contributed by atoms with Gasteiger partial charge in [0.15, 0.2) is 0 Å². The summed E-state index contributed by atoms with van der Waals surface area (Å²) in [6, 6.07) is 4.58. The molecule has 2 atom stereocenters. The van der Waals surface area contributed by atoms with Gasteiger partial charge in [0.25, 0.3) is 0 Å². The first-order valence-electron chi connectivity index (χ1n) is 16.6. The molecule has 1 aromatic carbocycles. The lowest BCUT2D eigenvalue weighted by atomic mass is 10.1. The van der Waals surface area contributed by atoms with Gasteiger partial charge in [0.2, 0.25) is 21.8 Å². The number of hydrogen-bond donors (Lipinski definition) is 1. The maximum atomic E-state index is 13.3. The average molecular weight is 718 g/mol. The number of nitrogens with zero attached hydrogens (tertiary/aromatic N) is 4. The van der Waals surface area contributed by atoms with E-state index in [1.165, 1.54) is 17.4 Å². The number of piperazine rings is 1. The Morgan fingerprint density at radius 3 is 2.27 bits per heavy atom. The molecule has 1 aromatic rings. The number of aryl methyl sites for hydroxylation is 1. The van der Waals surface area contributed by atoms with Gasteiger partial charge in [-0.3, -0.25) is 14.5 Å². The first-order valence-corrected chi connectivity index (χ1v) is 18.5. The van der Waals surface area contributed by atoms with Crippen molar-refractivity contribution in [1.29, 1.82) is 0 Å². The molecule has 3 saturated heterocycles. The van der Waals surface area contributed by atoms with Crippen LogP contribution in [-0.2, 0) is 24.4 Å². The van der Waals surface area contributed by atoms with E-state index in [2.05, 4.69) is 54.3 Å². The van der Waals surface area contributed by atoms with Gasteiger partial charge in [0.1, 0.15) is 12.8 Å². The molecule has 4 rings (SSSR count). The molecule has 3 aliphatic heterocycles. The van der Waals surface area contributed by atoms with E-state index in [1.54, 1.807) is 18.2 Å². The molecule has 272 valence electrons. The van der Waals surface area contributed by atoms with Crippen molar-refractivity contribution >= 4 is 46.3 Å². The van der Waals surface area contributed by atoms with Gasteiger partial charge in [-0.2, -0.15) is 4.72 Å². The highest BCUT2D eigenvalue weighted by Crippen LogP contribution is 2.23. The van der Waals surface area contributed by atoms with Crippen LogP contribution in [0, 0.1) is 19.8 Å². The van der Waals surface area contributed by atoms with E-state index in [0.29, 0.717) is 36.5 Å². The molecule has 0 aromatic heterocycles. The summed E-state index contributed by atoms with van der Waals surface area (Å²) in [5, 5.41) is 0.520. The number of sulfonamides is 1. The maximum absolute atomic E-state index is 13.3. The van der Waals surface area contributed by atoms with Crippen molar-refractivity contribution in [2.45, 2.75) is 72.4 Å². The molecule has 0 saturated carbocycles. The molecule has 0 radical (unpaired) electrons. The number of halogens is 1. The van der Waals surface area contributed by atoms with E-state index in [0.717, 1.165) is 51.1 Å². The number of likely N-dealkylation sites (tertiary alicyclic amines) is 2. The van der Waals surface area contributed by atoms with Crippen molar-refractivity contribution in [3.63, 3.8) is 0 Å². The SMILES string of the molecule is C#C.C/C(=C\c1cc(Cl)ccc1C)S(=O)(=O)N[C@H]1CCCN(CC(=O)N2CCCC2CN2CCN(C)CC2)C1=O.C/C=C\C=C(C)C.C=O. The van der Waals surface area contributed by atoms with Crippen molar-refractivity contribution in [2.24, 2.45) is 0 Å². The number of piperidine rings is 1. The summed E-state index contributed by atoms with van der Waals surface area (Å²) in [4.78, 5) is 42.8. The molecule has 2 amide bonds. The van der Waals surface area contributed by atoms with Crippen molar-refractivity contribution in [1.82, 2.24) is 24.3 Å². The van der Waals surface area contributed by atoms with E-state index >= 15 is 0 Å². The molecule has 0 aliphatic carbocycles. The van der Waals surface area contributed by atoms with Gasteiger partial charge < -0.3 is 19.5 Å². The van der Waals surface area contributed by atoms with Crippen molar-refractivity contribution in [2.75, 3.05) is 59.4 Å². The van der Waals surface area contributed by atoms with E-state index in [1.807, 2.05) is 43.8 Å². The van der Waals surface area contributed by atoms with Crippen LogP contribution in [0.3, 0.4) is 0 Å². The van der Waals surface area contributed by atoms with Crippen LogP contribution in [0.2, 0.25) is 5.02 Å². The zero-order valence-electron chi connectivity index (χ0n) is 30.2. The van der Waals surface area contributed by atoms with E-state index in [9.17, 15) is 18.0 Å². The summed E-state index contributed by atoms with van der Waals surface area (Å²) < 4.78 is 28.7. The standard InChI is InChI=1S/C27H40ClN5O4S.C7H12.C2H2.CH2O/c1-20-8-9-23(28)17-22(20)16-21(2)38(36,37)29-25-7-5-10-32(27(25)35)19-26(34)33-11-4-6-24(33)18-31-14-12-30(3)13-15-31;1-4-5-6-7(2)3;2*1-2/h8-9,16-17,24-25,29H,4-7,10-15,18-19H2,1-3H3;4-6H,1-3H3;1-2H;1H2/b21-16+;5-4-;;/t24?,25-;;;/m0.../s1. The fourth-order valence-corrected chi connectivity index (χ4v) is 7.02. The molecular formula is C37H56ClN5O5S. The Balaban J connectivity index is 0.000000959. The van der Waals surface area contributed by atoms with Gasteiger partial charge in [-0.15, -0.1) is 12.8 Å². The predicted molar refractivity (Wildman–Crippen MR) is 201 cm³/mol. The predicted octanol–water partition coefficient (Wildman–Crippen LogP) is 4.75. The topological polar surface area (TPSA) is 110 Å². The summed E-state index contributed by atoms with van der Waals surface area (Å²) in [6.45, 7) is 17.7. The van der Waals surface area contributed by atoms with Crippen LogP contribution in [0.4, 0.5) is 0 Å². The van der Waals surface area contributed by atoms with E-state index < -0.39 is 16.1 Å². The maximum Gasteiger partial charge on any atom is 0.242 e. The zero-order chi connectivity index (χ0) is 37.1. The van der Waals surface area contributed by atoms with Crippen molar-refractivity contribution < 1.29 is 22.8 Å². The second kappa shape index (κ2) is 22.4. The Morgan fingerprint density at radius 2 is 1.67 bits per heavy atom. The quantitative estimate of drug-likeness (QED) is 0.290. The lowest BCUT2D eigenvalue weighted by Gasteiger charge is -2.37. The second-order valence-corrected chi connectivity index (χ2v) is 14.9. The summed E-state index contributed by atoms with van der Waals surface area (Å²) in [5.41, 5.74) is 2.95. The Bertz CT molecular complexity index is 1430. The van der Waals surface area contributed by atoms with Crippen LogP contribution in [-0.4, -0.2) is 118 Å². The number of rotatable bonds is 9. The smallest absolute Gasteiger partial charge is 0.242 e. The van der Waals surface area contributed by atoms with Gasteiger partial charge in [0, 0.05) is 56.9 Å². The molecule has 0 bridgehead atoms. The molecular weight excluding hydrogens is 662 g/mol. The Hall–Kier alpha value is -3.27. The van der Waals surface area contributed by atoms with Gasteiger partial charge in [-0.1, -0.05) is 41.5 Å². The first-order chi connectivity index (χ1) is 23.3. The minimum atomic E-state index is -3.90. The number of carbonyl (C=O) groups excluding carboxylic acids is 3. The summed E-state index contributed by atoms with van der Waals surface area (Å²) in [5.74, 6) is -0.388. The number of terminal acetylenes is 1. The minimum absolute atomic E-state index is 0.00711. The number of amides is 2. The monoisotopic (exact) mass is 717 g/mol. The lowest BCUT2D eigenvalue weighted by Crippen LogP contribution is -2.55. The van der Waals surface area contributed by atoms with Gasteiger partial charge >= 0.3 is 0 Å². The number of benzene rings is 1. The van der Waals surface area contributed by atoms with Crippen molar-refractivity contribution in [3.05, 3.63) is 63.1 Å². The van der Waals surface area contributed by atoms with Crippen LogP contribution in [0.15, 0.2) is 46.9 Å². The molecule has 12 heteroatoms. The van der Waals surface area contributed by atoms with Gasteiger partial charge in [-0.05, 0) is 96.7 Å². The van der Waals surface area contributed by atoms with Gasteiger partial charge in [0.05, 0.1) is 11.4 Å². The van der Waals surface area contributed by atoms with Crippen LogP contribution < -0.4 is 4.72 Å². The van der Waals surface area contributed by atoms with E-state index in [4.69, 9.17) is 16.4 Å². The molecule has 0 spiro atoms. The molecule has 3 fully saturated rings. The Labute approximate surface area is 300 Å². The number of carbonyl (C=O) groups is 3. The third-order valence-electron chi connectivity index (χ3n) is 8.56. The fourth-order valence-electron chi connectivity index (χ4n) is 5.78. The third-order valence-corrected chi connectivity index (χ3v) is 10.4. The third kappa shape index (κ3) is 14.6. The highest BCUT2D eigenvalue weighted by atomic mass is 35.5. The number of likely N-dealkylation sites (N-methyl/N-ethyl adjacent to an activating group) is 1. The van der Waals surface area contributed by atoms with Crippen LogP contribution >= 0.6 is 11.6 Å². The summed E-state index contributed by atoms with van der Waals surface area (Å²) in [7, 11) is -1.77.